The number of amides is 1. The second-order valence-electron chi connectivity index (χ2n) is 3.70. The molecule has 2 aromatic rings. The molecule has 0 fully saturated rings. The van der Waals surface area contributed by atoms with Crippen LogP contribution in [0.25, 0.3) is 0 Å². The van der Waals surface area contributed by atoms with Gasteiger partial charge in [0.15, 0.2) is 0 Å². The van der Waals surface area contributed by atoms with E-state index in [0.717, 1.165) is 6.07 Å². The van der Waals surface area contributed by atoms with Gasteiger partial charge in [-0.05, 0) is 40.2 Å². The zero-order chi connectivity index (χ0) is 14.9. The second kappa shape index (κ2) is 6.26. The summed E-state index contributed by atoms with van der Waals surface area (Å²) in [4.78, 5) is 15.8. The van der Waals surface area contributed by atoms with Crippen molar-refractivity contribution in [3.05, 3.63) is 55.4 Å². The Morgan fingerprint density at radius 3 is 2.30 bits per heavy atom. The summed E-state index contributed by atoms with van der Waals surface area (Å²) >= 11 is 20.4. The molecule has 0 radical (unpaired) electrons. The van der Waals surface area contributed by atoms with E-state index in [0.29, 0.717) is 4.47 Å². The Morgan fingerprint density at radius 1 is 1.15 bits per heavy atom. The molecular weight excluding hydrogens is 393 g/mol. The zero-order valence-corrected chi connectivity index (χ0v) is 13.4. The molecule has 0 saturated heterocycles. The van der Waals surface area contributed by atoms with Crippen LogP contribution >= 0.6 is 50.7 Å². The molecule has 0 aliphatic carbocycles. The van der Waals surface area contributed by atoms with Gasteiger partial charge in [-0.25, -0.2) is 9.37 Å². The van der Waals surface area contributed by atoms with Crippen LogP contribution in [0.3, 0.4) is 0 Å². The average Bonchev–Trinajstić information content (AvgIpc) is 2.32. The third-order valence-electron chi connectivity index (χ3n) is 2.27. The molecule has 0 bridgehead atoms. The quantitative estimate of drug-likeness (QED) is 0.707. The Bertz CT molecular complexity index is 653. The standard InChI is InChI=1S/C12H5BrCl3FN2O/c13-7-3-6(17)4-8(14)11(7)19-12(20)5-1-9(15)18-10(16)2-5/h1-4H,(H,19,20). The van der Waals surface area contributed by atoms with Crippen molar-refractivity contribution in [2.24, 2.45) is 0 Å². The van der Waals surface area contributed by atoms with Gasteiger partial charge in [0.25, 0.3) is 5.91 Å². The fourth-order valence-corrected chi connectivity index (χ4v) is 2.80. The van der Waals surface area contributed by atoms with Crippen molar-refractivity contribution >= 4 is 62.3 Å². The molecule has 3 nitrogen and oxygen atoms in total. The molecule has 0 aliphatic rings. The fourth-order valence-electron chi connectivity index (χ4n) is 1.44. The summed E-state index contributed by atoms with van der Waals surface area (Å²) in [5.74, 6) is -1.01. The Hall–Kier alpha value is -0.880. The van der Waals surface area contributed by atoms with E-state index in [1.54, 1.807) is 0 Å². The molecule has 2 rings (SSSR count). The van der Waals surface area contributed by atoms with E-state index < -0.39 is 11.7 Å². The van der Waals surface area contributed by atoms with Gasteiger partial charge in [0.2, 0.25) is 0 Å². The van der Waals surface area contributed by atoms with Crippen molar-refractivity contribution in [2.45, 2.75) is 0 Å². The first-order valence-electron chi connectivity index (χ1n) is 5.16. The Balaban J connectivity index is 2.32. The number of anilines is 1. The van der Waals surface area contributed by atoms with Crippen molar-refractivity contribution in [1.29, 1.82) is 0 Å². The van der Waals surface area contributed by atoms with E-state index in [1.165, 1.54) is 18.2 Å². The summed E-state index contributed by atoms with van der Waals surface area (Å²) in [6, 6.07) is 4.99. The van der Waals surface area contributed by atoms with Crippen LogP contribution in [0.5, 0.6) is 0 Å². The number of rotatable bonds is 2. The number of carbonyl (C=O) groups is 1. The summed E-state index contributed by atoms with van der Waals surface area (Å²) in [6.07, 6.45) is 0. The van der Waals surface area contributed by atoms with E-state index in [2.05, 4.69) is 26.2 Å². The van der Waals surface area contributed by atoms with Gasteiger partial charge in [-0.2, -0.15) is 0 Å². The SMILES string of the molecule is O=C(Nc1c(Cl)cc(F)cc1Br)c1cc(Cl)nc(Cl)c1. The van der Waals surface area contributed by atoms with E-state index in [1.807, 2.05) is 0 Å². The fraction of sp³-hybridized carbons (Fsp3) is 0. The largest absolute Gasteiger partial charge is 0.320 e. The van der Waals surface area contributed by atoms with Crippen molar-refractivity contribution < 1.29 is 9.18 Å². The van der Waals surface area contributed by atoms with Crippen LogP contribution in [0, 0.1) is 5.82 Å². The predicted molar refractivity (Wildman–Crippen MR) is 81.3 cm³/mol. The number of nitrogens with one attached hydrogen (secondary N) is 1. The van der Waals surface area contributed by atoms with E-state index in [-0.39, 0.29) is 26.6 Å². The number of benzene rings is 1. The normalized spacial score (nSPS) is 10.4. The minimum Gasteiger partial charge on any atom is -0.320 e. The topological polar surface area (TPSA) is 42.0 Å². The van der Waals surface area contributed by atoms with E-state index >= 15 is 0 Å². The lowest BCUT2D eigenvalue weighted by Crippen LogP contribution is -2.13. The summed E-state index contributed by atoms with van der Waals surface area (Å²) in [7, 11) is 0. The first-order valence-corrected chi connectivity index (χ1v) is 7.08. The number of hydrogen-bond acceptors (Lipinski definition) is 2. The lowest BCUT2D eigenvalue weighted by Gasteiger charge is -2.10. The number of nitrogens with zero attached hydrogens (tertiary/aromatic N) is 1. The van der Waals surface area contributed by atoms with Gasteiger partial charge in [-0.3, -0.25) is 4.79 Å². The highest BCUT2D eigenvalue weighted by Crippen LogP contribution is 2.32. The molecular formula is C12H5BrCl3FN2O. The summed E-state index contributed by atoms with van der Waals surface area (Å²) in [5, 5.41) is 2.79. The third-order valence-corrected chi connectivity index (χ3v) is 3.58. The summed E-state index contributed by atoms with van der Waals surface area (Å²) in [5.41, 5.74) is 0.462. The molecule has 104 valence electrons. The number of halogens is 5. The van der Waals surface area contributed by atoms with Crippen LogP contribution in [0.2, 0.25) is 15.3 Å². The van der Waals surface area contributed by atoms with Crippen LogP contribution in [0.1, 0.15) is 10.4 Å². The molecule has 0 atom stereocenters. The average molecular weight is 398 g/mol. The van der Waals surface area contributed by atoms with Crippen molar-refractivity contribution in [1.82, 2.24) is 4.98 Å². The monoisotopic (exact) mass is 396 g/mol. The number of hydrogen-bond donors (Lipinski definition) is 1. The molecule has 0 spiro atoms. The van der Waals surface area contributed by atoms with Crippen molar-refractivity contribution in [3.63, 3.8) is 0 Å². The molecule has 1 amide bonds. The van der Waals surface area contributed by atoms with Crippen LogP contribution in [0.15, 0.2) is 28.7 Å². The molecule has 20 heavy (non-hydrogen) atoms. The maximum atomic E-state index is 13.1. The molecule has 0 unspecified atom stereocenters. The summed E-state index contributed by atoms with van der Waals surface area (Å²) < 4.78 is 13.4. The minimum atomic E-state index is -0.519. The second-order valence-corrected chi connectivity index (χ2v) is 5.74. The van der Waals surface area contributed by atoms with Gasteiger partial charge in [-0.15, -0.1) is 0 Å². The molecule has 1 heterocycles. The Labute approximate surface area is 137 Å². The molecule has 1 N–H and O–H groups in total. The third kappa shape index (κ3) is 3.61. The molecule has 0 saturated carbocycles. The summed E-state index contributed by atoms with van der Waals surface area (Å²) in [6.45, 7) is 0. The number of carbonyl (C=O) groups excluding carboxylic acids is 1. The molecule has 8 heteroatoms. The molecule has 1 aromatic heterocycles. The van der Waals surface area contributed by atoms with Gasteiger partial charge < -0.3 is 5.32 Å². The number of pyridine rings is 1. The maximum absolute atomic E-state index is 13.1. The first kappa shape index (κ1) is 15.5. The van der Waals surface area contributed by atoms with Crippen LogP contribution in [-0.2, 0) is 0 Å². The van der Waals surface area contributed by atoms with Gasteiger partial charge in [-0.1, -0.05) is 34.8 Å². The van der Waals surface area contributed by atoms with Gasteiger partial charge in [0.1, 0.15) is 16.1 Å². The van der Waals surface area contributed by atoms with Crippen LogP contribution in [-0.4, -0.2) is 10.9 Å². The highest BCUT2D eigenvalue weighted by Gasteiger charge is 2.14. The lowest BCUT2D eigenvalue weighted by atomic mass is 10.2. The smallest absolute Gasteiger partial charge is 0.255 e. The van der Waals surface area contributed by atoms with Gasteiger partial charge >= 0.3 is 0 Å². The Morgan fingerprint density at radius 2 is 1.75 bits per heavy atom. The molecule has 1 aromatic carbocycles. The lowest BCUT2D eigenvalue weighted by molar-refractivity contribution is 0.102. The highest BCUT2D eigenvalue weighted by atomic mass is 79.9. The zero-order valence-electron chi connectivity index (χ0n) is 9.55. The Kier molecular flexibility index (Phi) is 4.86. The number of aromatic nitrogens is 1. The maximum Gasteiger partial charge on any atom is 0.255 e. The highest BCUT2D eigenvalue weighted by molar-refractivity contribution is 9.10. The van der Waals surface area contributed by atoms with E-state index in [9.17, 15) is 9.18 Å². The van der Waals surface area contributed by atoms with Crippen molar-refractivity contribution in [3.8, 4) is 0 Å². The van der Waals surface area contributed by atoms with Crippen LogP contribution < -0.4 is 5.32 Å². The predicted octanol–water partition coefficient (Wildman–Crippen LogP) is 5.20. The first-order chi connectivity index (χ1) is 9.36. The van der Waals surface area contributed by atoms with Gasteiger partial charge in [0, 0.05) is 10.0 Å². The minimum absolute atomic E-state index is 0.0662. The van der Waals surface area contributed by atoms with E-state index in [4.69, 9.17) is 34.8 Å². The molecule has 0 aliphatic heterocycles. The van der Waals surface area contributed by atoms with Crippen LogP contribution in [0.4, 0.5) is 10.1 Å². The van der Waals surface area contributed by atoms with Crippen molar-refractivity contribution in [2.75, 3.05) is 5.32 Å². The van der Waals surface area contributed by atoms with Gasteiger partial charge in [0.05, 0.1) is 10.7 Å².